The first-order chi connectivity index (χ1) is 14.7. The minimum atomic E-state index is -4.23. The molecule has 31 heavy (non-hydrogen) atoms. The fourth-order valence-electron chi connectivity index (χ4n) is 3.81. The smallest absolute Gasteiger partial charge is 0.306 e. The molecule has 0 aliphatic carbocycles. The van der Waals surface area contributed by atoms with Crippen LogP contribution in [0.25, 0.3) is 0 Å². The highest BCUT2D eigenvalue weighted by molar-refractivity contribution is 7.85. The number of carbonyl (C=O) groups is 1. The first-order valence-electron chi connectivity index (χ1n) is 10.7. The van der Waals surface area contributed by atoms with Gasteiger partial charge in [-0.05, 0) is 67.2 Å². The second-order valence-corrected chi connectivity index (χ2v) is 9.44. The second kappa shape index (κ2) is 11.8. The highest BCUT2D eigenvalue weighted by atomic mass is 32.2. The van der Waals surface area contributed by atoms with Gasteiger partial charge in [0.05, 0.1) is 10.8 Å². The Balaban J connectivity index is 1.88. The van der Waals surface area contributed by atoms with Gasteiger partial charge >= 0.3 is 5.97 Å². The van der Waals surface area contributed by atoms with Crippen molar-refractivity contribution < 1.29 is 22.9 Å². The van der Waals surface area contributed by atoms with Crippen LogP contribution in [0.2, 0.25) is 0 Å². The Hall–Kier alpha value is -2.44. The number of carboxylic acids is 1. The van der Waals surface area contributed by atoms with Crippen LogP contribution in [0.15, 0.2) is 71.6 Å². The number of benzene rings is 2. The van der Waals surface area contributed by atoms with Crippen molar-refractivity contribution in [3.05, 3.63) is 77.9 Å². The predicted octanol–water partition coefficient (Wildman–Crippen LogP) is 6.05. The number of hydrogen-bond acceptors (Lipinski definition) is 3. The van der Waals surface area contributed by atoms with Gasteiger partial charge in [0.2, 0.25) is 0 Å². The molecule has 0 saturated carbocycles. The maximum absolute atomic E-state index is 11.7. The first kappa shape index (κ1) is 24.8. The van der Waals surface area contributed by atoms with Gasteiger partial charge in [-0.15, -0.1) is 0 Å². The third-order valence-electron chi connectivity index (χ3n) is 5.77. The summed E-state index contributed by atoms with van der Waals surface area (Å²) in [6.45, 7) is 4.11. The van der Waals surface area contributed by atoms with Crippen molar-refractivity contribution in [1.82, 2.24) is 0 Å². The van der Waals surface area contributed by atoms with E-state index in [9.17, 15) is 18.3 Å². The lowest BCUT2D eigenvalue weighted by molar-refractivity contribution is -0.142. The lowest BCUT2D eigenvalue weighted by Gasteiger charge is -2.18. The molecule has 0 heterocycles. The quantitative estimate of drug-likeness (QED) is 0.307. The summed E-state index contributed by atoms with van der Waals surface area (Å²) in [5.41, 5.74) is 2.18. The summed E-state index contributed by atoms with van der Waals surface area (Å²) in [4.78, 5) is 11.6. The molecule has 3 unspecified atom stereocenters. The monoisotopic (exact) mass is 444 g/mol. The van der Waals surface area contributed by atoms with Crippen LogP contribution in [0, 0.1) is 5.92 Å². The highest BCUT2D eigenvalue weighted by Crippen LogP contribution is 2.28. The first-order valence-corrected chi connectivity index (χ1v) is 12.2. The van der Waals surface area contributed by atoms with Crippen LogP contribution in [0.3, 0.4) is 0 Å². The van der Waals surface area contributed by atoms with Gasteiger partial charge in [-0.3, -0.25) is 9.35 Å². The molecule has 0 spiro atoms. The molecular formula is C25H32O5S. The lowest BCUT2D eigenvalue weighted by atomic mass is 9.87. The number of rotatable bonds is 12. The molecule has 0 saturated heterocycles. The zero-order valence-electron chi connectivity index (χ0n) is 18.1. The maximum atomic E-state index is 11.7. The summed E-state index contributed by atoms with van der Waals surface area (Å²) in [7, 11) is -4.23. The van der Waals surface area contributed by atoms with Crippen molar-refractivity contribution in [2.45, 2.75) is 62.7 Å². The van der Waals surface area contributed by atoms with Gasteiger partial charge < -0.3 is 5.11 Å². The van der Waals surface area contributed by atoms with Gasteiger partial charge in [0.15, 0.2) is 0 Å². The van der Waals surface area contributed by atoms with Gasteiger partial charge in [-0.25, -0.2) is 0 Å². The van der Waals surface area contributed by atoms with Crippen LogP contribution in [0.4, 0.5) is 0 Å². The summed E-state index contributed by atoms with van der Waals surface area (Å²) in [5.74, 6) is -0.857. The zero-order valence-corrected chi connectivity index (χ0v) is 19.0. The molecule has 2 rings (SSSR count). The average Bonchev–Trinajstić information content (AvgIpc) is 2.75. The van der Waals surface area contributed by atoms with Crippen LogP contribution < -0.4 is 0 Å². The van der Waals surface area contributed by atoms with E-state index in [0.717, 1.165) is 18.4 Å². The van der Waals surface area contributed by atoms with Crippen molar-refractivity contribution >= 4 is 16.1 Å². The Morgan fingerprint density at radius 3 is 2.19 bits per heavy atom. The normalized spacial score (nSPS) is 14.9. The number of allylic oxidation sites excluding steroid dienone is 2. The van der Waals surface area contributed by atoms with Crippen molar-refractivity contribution in [3.63, 3.8) is 0 Å². The van der Waals surface area contributed by atoms with E-state index < -0.39 is 22.0 Å². The van der Waals surface area contributed by atoms with Crippen LogP contribution in [-0.4, -0.2) is 24.0 Å². The largest absolute Gasteiger partial charge is 0.481 e. The van der Waals surface area contributed by atoms with Crippen molar-refractivity contribution in [3.8, 4) is 0 Å². The fourth-order valence-corrected chi connectivity index (χ4v) is 4.29. The average molecular weight is 445 g/mol. The Morgan fingerprint density at radius 1 is 1.00 bits per heavy atom. The summed E-state index contributed by atoms with van der Waals surface area (Å²) >= 11 is 0. The van der Waals surface area contributed by atoms with Crippen LogP contribution in [-0.2, 0) is 14.9 Å². The standard InChI is InChI=1S/C25H32O5S/c1-3-20(22-11-7-5-8-12-22)10-6-4-9-13-23(25(26)27)18-19(2)21-14-16-24(17-15-21)31(28,29)30/h4-8,11-12,14-17,19-20,23H,3,9-10,13,18H2,1-2H3,(H,26,27)(H,28,29,30). The SMILES string of the molecule is CCC(CC=CCCC(CC(C)c1ccc(S(=O)(=O)O)cc1)C(=O)O)c1ccccc1. The molecule has 6 heteroatoms. The molecule has 0 radical (unpaired) electrons. The van der Waals surface area contributed by atoms with Crippen LogP contribution in [0.5, 0.6) is 0 Å². The molecule has 2 aromatic rings. The van der Waals surface area contributed by atoms with Crippen molar-refractivity contribution in [2.75, 3.05) is 0 Å². The Morgan fingerprint density at radius 2 is 1.65 bits per heavy atom. The van der Waals surface area contributed by atoms with Gasteiger partial charge in [0.1, 0.15) is 0 Å². The highest BCUT2D eigenvalue weighted by Gasteiger charge is 2.21. The summed E-state index contributed by atoms with van der Waals surface area (Å²) in [5, 5.41) is 9.61. The molecule has 0 amide bonds. The van der Waals surface area contributed by atoms with E-state index in [0.29, 0.717) is 25.2 Å². The van der Waals surface area contributed by atoms with E-state index in [4.69, 9.17) is 4.55 Å². The Labute approximate surface area is 185 Å². The maximum Gasteiger partial charge on any atom is 0.306 e. The lowest BCUT2D eigenvalue weighted by Crippen LogP contribution is -2.16. The fraction of sp³-hybridized carbons (Fsp3) is 0.400. The van der Waals surface area contributed by atoms with Gasteiger partial charge in [0.25, 0.3) is 10.1 Å². The molecule has 2 aromatic carbocycles. The summed E-state index contributed by atoms with van der Waals surface area (Å²) in [6.07, 6.45) is 7.95. The van der Waals surface area contributed by atoms with E-state index in [1.165, 1.54) is 17.7 Å². The topological polar surface area (TPSA) is 91.7 Å². The minimum Gasteiger partial charge on any atom is -0.481 e. The number of carboxylic acid groups (broad SMARTS) is 1. The van der Waals surface area contributed by atoms with E-state index in [1.807, 2.05) is 13.0 Å². The predicted molar refractivity (Wildman–Crippen MR) is 123 cm³/mol. The van der Waals surface area contributed by atoms with E-state index in [1.54, 1.807) is 12.1 Å². The molecule has 0 aliphatic heterocycles. The summed E-state index contributed by atoms with van der Waals surface area (Å²) < 4.78 is 31.4. The third kappa shape index (κ3) is 7.96. The second-order valence-electron chi connectivity index (χ2n) is 8.02. The molecule has 168 valence electrons. The zero-order chi connectivity index (χ0) is 22.9. The molecule has 5 nitrogen and oxygen atoms in total. The Kier molecular flexibility index (Phi) is 9.46. The van der Waals surface area contributed by atoms with E-state index in [2.05, 4.69) is 43.3 Å². The van der Waals surface area contributed by atoms with Gasteiger partial charge in [-0.1, -0.05) is 68.5 Å². The van der Waals surface area contributed by atoms with Crippen LogP contribution in [0.1, 0.15) is 68.9 Å². The van der Waals surface area contributed by atoms with Crippen molar-refractivity contribution in [1.29, 1.82) is 0 Å². The summed E-state index contributed by atoms with van der Waals surface area (Å²) in [6, 6.07) is 16.4. The van der Waals surface area contributed by atoms with Crippen LogP contribution >= 0.6 is 0 Å². The van der Waals surface area contributed by atoms with Gasteiger partial charge in [0, 0.05) is 0 Å². The number of aliphatic carboxylic acids is 1. The molecule has 0 bridgehead atoms. The molecule has 2 N–H and O–H groups in total. The third-order valence-corrected chi connectivity index (χ3v) is 6.64. The molecule has 0 fully saturated rings. The van der Waals surface area contributed by atoms with E-state index in [-0.39, 0.29) is 10.8 Å². The Bertz CT molecular complexity index is 949. The molecule has 0 aromatic heterocycles. The molecule has 3 atom stereocenters. The van der Waals surface area contributed by atoms with E-state index >= 15 is 0 Å². The van der Waals surface area contributed by atoms with Gasteiger partial charge in [-0.2, -0.15) is 8.42 Å². The van der Waals surface area contributed by atoms with Crippen molar-refractivity contribution in [2.24, 2.45) is 5.92 Å². The minimum absolute atomic E-state index is 0.0388. The molecular weight excluding hydrogens is 412 g/mol. The number of hydrogen-bond donors (Lipinski definition) is 2. The molecule has 0 aliphatic rings.